The van der Waals surface area contributed by atoms with Crippen LogP contribution in [0, 0.1) is 0 Å². The zero-order valence-corrected chi connectivity index (χ0v) is 8.93. The molecule has 0 aromatic carbocycles. The minimum atomic E-state index is 0.541. The number of nitrogens with two attached hydrogens (primary N) is 1. The maximum absolute atomic E-state index is 5.50. The smallest absolute Gasteiger partial charge is 0.123 e. The largest absolute Gasteiger partial charge is 0.384 e. The van der Waals surface area contributed by atoms with Gasteiger partial charge in [-0.1, -0.05) is 0 Å². The lowest BCUT2D eigenvalue weighted by atomic mass is 10.2. The van der Waals surface area contributed by atoms with Crippen LogP contribution in [0.3, 0.4) is 0 Å². The Morgan fingerprint density at radius 2 is 1.94 bits per heavy atom. The van der Waals surface area contributed by atoms with Crippen LogP contribution in [0.5, 0.6) is 0 Å². The van der Waals surface area contributed by atoms with Crippen molar-refractivity contribution in [1.29, 1.82) is 0 Å². The number of pyridine rings is 2. The van der Waals surface area contributed by atoms with Crippen LogP contribution in [0.15, 0.2) is 42.9 Å². The molecule has 4 heteroatoms. The van der Waals surface area contributed by atoms with Gasteiger partial charge in [0.2, 0.25) is 0 Å². The third-order valence-corrected chi connectivity index (χ3v) is 2.28. The number of rotatable bonds is 4. The summed E-state index contributed by atoms with van der Waals surface area (Å²) >= 11 is 0. The molecule has 0 saturated heterocycles. The molecule has 0 bridgehead atoms. The van der Waals surface area contributed by atoms with E-state index in [9.17, 15) is 0 Å². The van der Waals surface area contributed by atoms with Crippen molar-refractivity contribution >= 4 is 11.5 Å². The van der Waals surface area contributed by atoms with Crippen LogP contribution < -0.4 is 11.1 Å². The quantitative estimate of drug-likeness (QED) is 0.813. The van der Waals surface area contributed by atoms with E-state index in [1.54, 1.807) is 24.7 Å². The van der Waals surface area contributed by atoms with E-state index >= 15 is 0 Å². The van der Waals surface area contributed by atoms with E-state index in [0.717, 1.165) is 18.7 Å². The van der Waals surface area contributed by atoms with E-state index in [2.05, 4.69) is 15.3 Å². The number of hydrogen-bond donors (Lipinski definition) is 2. The van der Waals surface area contributed by atoms with Gasteiger partial charge in [0.25, 0.3) is 0 Å². The Morgan fingerprint density at radius 3 is 2.62 bits per heavy atom. The highest BCUT2D eigenvalue weighted by Gasteiger charge is 1.94. The Bertz CT molecular complexity index is 425. The van der Waals surface area contributed by atoms with Gasteiger partial charge in [0.1, 0.15) is 5.82 Å². The summed E-state index contributed by atoms with van der Waals surface area (Å²) in [5, 5.41) is 3.28. The van der Waals surface area contributed by atoms with Gasteiger partial charge in [-0.2, -0.15) is 0 Å². The van der Waals surface area contributed by atoms with Gasteiger partial charge in [-0.3, -0.25) is 4.98 Å². The normalized spacial score (nSPS) is 10.0. The van der Waals surface area contributed by atoms with E-state index in [4.69, 9.17) is 5.73 Å². The third-order valence-electron chi connectivity index (χ3n) is 2.28. The molecule has 0 spiro atoms. The highest BCUT2D eigenvalue weighted by Crippen LogP contribution is 2.07. The van der Waals surface area contributed by atoms with Gasteiger partial charge in [0.05, 0.1) is 11.9 Å². The Balaban J connectivity index is 1.82. The van der Waals surface area contributed by atoms with E-state index < -0.39 is 0 Å². The number of hydrogen-bond acceptors (Lipinski definition) is 4. The first-order valence-electron chi connectivity index (χ1n) is 5.19. The van der Waals surface area contributed by atoms with Crippen LogP contribution in [-0.2, 0) is 6.42 Å². The van der Waals surface area contributed by atoms with Crippen LogP contribution >= 0.6 is 0 Å². The summed E-state index contributed by atoms with van der Waals surface area (Å²) in [6.07, 6.45) is 6.31. The molecule has 3 N–H and O–H groups in total. The van der Waals surface area contributed by atoms with Crippen LogP contribution in [0.4, 0.5) is 11.5 Å². The van der Waals surface area contributed by atoms with Crippen molar-refractivity contribution in [2.24, 2.45) is 0 Å². The number of nitrogen functional groups attached to an aromatic ring is 1. The Kier molecular flexibility index (Phi) is 3.33. The summed E-state index contributed by atoms with van der Waals surface area (Å²) in [5.74, 6) is 0.541. The average Bonchev–Trinajstić information content (AvgIpc) is 2.33. The monoisotopic (exact) mass is 214 g/mol. The molecule has 0 unspecified atom stereocenters. The predicted molar refractivity (Wildman–Crippen MR) is 65.1 cm³/mol. The standard InChI is InChI=1S/C12H14N4/c13-12-2-1-11(9-16-12)15-8-5-10-3-6-14-7-4-10/h1-4,6-7,9,15H,5,8H2,(H2,13,16). The van der Waals surface area contributed by atoms with Crippen LogP contribution in [0.2, 0.25) is 0 Å². The Morgan fingerprint density at radius 1 is 1.12 bits per heavy atom. The summed E-state index contributed by atoms with van der Waals surface area (Å²) in [5.41, 5.74) is 7.76. The minimum Gasteiger partial charge on any atom is -0.384 e. The molecule has 0 aliphatic rings. The second-order valence-electron chi connectivity index (χ2n) is 3.50. The highest BCUT2D eigenvalue weighted by molar-refractivity contribution is 5.45. The summed E-state index contributed by atoms with van der Waals surface area (Å²) in [7, 11) is 0. The highest BCUT2D eigenvalue weighted by atomic mass is 14.9. The van der Waals surface area contributed by atoms with Crippen molar-refractivity contribution in [2.75, 3.05) is 17.6 Å². The van der Waals surface area contributed by atoms with Gasteiger partial charge in [-0.05, 0) is 36.2 Å². The van der Waals surface area contributed by atoms with E-state index in [1.165, 1.54) is 5.56 Å². The molecule has 2 heterocycles. The summed E-state index contributed by atoms with van der Waals surface area (Å²) in [6, 6.07) is 7.75. The summed E-state index contributed by atoms with van der Waals surface area (Å²) < 4.78 is 0. The summed E-state index contributed by atoms with van der Waals surface area (Å²) in [6.45, 7) is 0.871. The molecule has 82 valence electrons. The first kappa shape index (κ1) is 10.4. The zero-order chi connectivity index (χ0) is 11.2. The molecule has 2 aromatic heterocycles. The lowest BCUT2D eigenvalue weighted by Gasteiger charge is -2.05. The molecule has 16 heavy (non-hydrogen) atoms. The molecule has 2 rings (SSSR count). The van der Waals surface area contributed by atoms with Gasteiger partial charge < -0.3 is 11.1 Å². The topological polar surface area (TPSA) is 63.8 Å². The Labute approximate surface area is 94.5 Å². The van der Waals surface area contributed by atoms with E-state index in [0.29, 0.717) is 5.82 Å². The van der Waals surface area contributed by atoms with Crippen molar-refractivity contribution in [3.05, 3.63) is 48.4 Å². The first-order valence-corrected chi connectivity index (χ1v) is 5.19. The zero-order valence-electron chi connectivity index (χ0n) is 8.93. The Hall–Kier alpha value is -2.10. The van der Waals surface area contributed by atoms with Gasteiger partial charge >= 0.3 is 0 Å². The van der Waals surface area contributed by atoms with Crippen LogP contribution in [0.1, 0.15) is 5.56 Å². The molecule has 0 atom stereocenters. The number of anilines is 2. The molecule has 2 aromatic rings. The van der Waals surface area contributed by atoms with Gasteiger partial charge in [-0.25, -0.2) is 4.98 Å². The van der Waals surface area contributed by atoms with Crippen molar-refractivity contribution in [3.63, 3.8) is 0 Å². The number of nitrogens with one attached hydrogen (secondary N) is 1. The maximum atomic E-state index is 5.50. The van der Waals surface area contributed by atoms with E-state index in [1.807, 2.05) is 18.2 Å². The van der Waals surface area contributed by atoms with Gasteiger partial charge in [0, 0.05) is 18.9 Å². The predicted octanol–water partition coefficient (Wildman–Crippen LogP) is 1.71. The summed E-state index contributed by atoms with van der Waals surface area (Å²) in [4.78, 5) is 7.99. The maximum Gasteiger partial charge on any atom is 0.123 e. The fourth-order valence-corrected chi connectivity index (χ4v) is 1.41. The molecule has 4 nitrogen and oxygen atoms in total. The van der Waals surface area contributed by atoms with Crippen LogP contribution in [0.25, 0.3) is 0 Å². The molecule has 0 fully saturated rings. The van der Waals surface area contributed by atoms with Crippen molar-refractivity contribution in [3.8, 4) is 0 Å². The van der Waals surface area contributed by atoms with Crippen molar-refractivity contribution < 1.29 is 0 Å². The van der Waals surface area contributed by atoms with Gasteiger partial charge in [-0.15, -0.1) is 0 Å². The van der Waals surface area contributed by atoms with Crippen molar-refractivity contribution in [1.82, 2.24) is 9.97 Å². The molecular weight excluding hydrogens is 200 g/mol. The average molecular weight is 214 g/mol. The molecule has 0 saturated carbocycles. The minimum absolute atomic E-state index is 0.541. The molecule has 0 aliphatic carbocycles. The SMILES string of the molecule is Nc1ccc(NCCc2ccncc2)cn1. The van der Waals surface area contributed by atoms with Crippen molar-refractivity contribution in [2.45, 2.75) is 6.42 Å². The molecule has 0 aliphatic heterocycles. The first-order chi connectivity index (χ1) is 7.84. The molecular formula is C12H14N4. The molecule has 0 radical (unpaired) electrons. The number of aromatic nitrogens is 2. The lowest BCUT2D eigenvalue weighted by Crippen LogP contribution is -2.05. The number of nitrogens with zero attached hydrogens (tertiary/aromatic N) is 2. The lowest BCUT2D eigenvalue weighted by molar-refractivity contribution is 1.01. The van der Waals surface area contributed by atoms with Crippen LogP contribution in [-0.4, -0.2) is 16.5 Å². The molecule has 0 amide bonds. The second-order valence-corrected chi connectivity index (χ2v) is 3.50. The second kappa shape index (κ2) is 5.11. The van der Waals surface area contributed by atoms with Gasteiger partial charge in [0.15, 0.2) is 0 Å². The fourth-order valence-electron chi connectivity index (χ4n) is 1.41. The fraction of sp³-hybridized carbons (Fsp3) is 0.167. The third kappa shape index (κ3) is 2.95. The van der Waals surface area contributed by atoms with E-state index in [-0.39, 0.29) is 0 Å².